The predicted molar refractivity (Wildman–Crippen MR) is 68.0 cm³/mol. The van der Waals surface area contributed by atoms with Gasteiger partial charge in [0.1, 0.15) is 16.9 Å². The maximum atomic E-state index is 11.1. The van der Waals surface area contributed by atoms with E-state index in [4.69, 9.17) is 9.52 Å². The van der Waals surface area contributed by atoms with Gasteiger partial charge in [-0.15, -0.1) is 0 Å². The highest BCUT2D eigenvalue weighted by atomic mass is 16.4. The van der Waals surface area contributed by atoms with Crippen molar-refractivity contribution in [2.45, 2.75) is 24.9 Å². The molecule has 1 atom stereocenters. The molecule has 1 unspecified atom stereocenters. The highest BCUT2D eigenvalue weighted by Gasteiger charge is 2.39. The van der Waals surface area contributed by atoms with Gasteiger partial charge in [-0.25, -0.2) is 4.79 Å². The molecule has 0 fully saturated rings. The molecule has 0 saturated heterocycles. The van der Waals surface area contributed by atoms with Crippen LogP contribution in [0.3, 0.4) is 0 Å². The Kier molecular flexibility index (Phi) is 2.68. The topological polar surface area (TPSA) is 70.7 Å². The Bertz CT molecular complexity index is 629. The smallest absolute Gasteiger partial charge is 0.339 e. The van der Waals surface area contributed by atoms with E-state index in [-0.39, 0.29) is 11.3 Å². The van der Waals surface area contributed by atoms with Gasteiger partial charge in [-0.3, -0.25) is 0 Å². The molecular formula is C15H14O4. The molecule has 0 bridgehead atoms. The molecule has 1 aromatic carbocycles. The van der Waals surface area contributed by atoms with Crippen molar-refractivity contribution < 1.29 is 19.4 Å². The summed E-state index contributed by atoms with van der Waals surface area (Å²) in [7, 11) is 0. The van der Waals surface area contributed by atoms with Crippen molar-refractivity contribution in [3.05, 3.63) is 59.0 Å². The Morgan fingerprint density at radius 3 is 2.68 bits per heavy atom. The molecule has 3 rings (SSSR count). The van der Waals surface area contributed by atoms with E-state index in [0.717, 1.165) is 5.56 Å². The van der Waals surface area contributed by atoms with E-state index in [1.54, 1.807) is 0 Å². The van der Waals surface area contributed by atoms with Crippen LogP contribution in [-0.4, -0.2) is 16.2 Å². The second kappa shape index (κ2) is 4.24. The van der Waals surface area contributed by atoms with Gasteiger partial charge in [-0.1, -0.05) is 24.3 Å². The van der Waals surface area contributed by atoms with E-state index in [0.29, 0.717) is 19.3 Å². The Labute approximate surface area is 110 Å². The Morgan fingerprint density at radius 2 is 1.95 bits per heavy atom. The van der Waals surface area contributed by atoms with Crippen LogP contribution in [-0.2, 0) is 18.4 Å². The predicted octanol–water partition coefficient (Wildman–Crippen LogP) is 2.35. The van der Waals surface area contributed by atoms with Crippen LogP contribution in [0.2, 0.25) is 0 Å². The second-order valence-corrected chi connectivity index (χ2v) is 4.95. The van der Waals surface area contributed by atoms with Gasteiger partial charge in [0.2, 0.25) is 0 Å². The highest BCUT2D eigenvalue weighted by molar-refractivity contribution is 5.89. The van der Waals surface area contributed by atoms with E-state index in [1.165, 1.54) is 17.9 Å². The number of furan rings is 1. The van der Waals surface area contributed by atoms with E-state index in [1.807, 2.05) is 24.3 Å². The lowest BCUT2D eigenvalue weighted by atomic mass is 9.78. The molecule has 4 heteroatoms. The molecule has 98 valence electrons. The fourth-order valence-electron chi connectivity index (χ4n) is 2.75. The summed E-state index contributed by atoms with van der Waals surface area (Å²) in [5, 5.41) is 19.9. The first-order valence-corrected chi connectivity index (χ1v) is 6.20. The van der Waals surface area contributed by atoms with Gasteiger partial charge in [0, 0.05) is 6.42 Å². The fourth-order valence-corrected chi connectivity index (χ4v) is 2.75. The molecular weight excluding hydrogens is 244 g/mol. The van der Waals surface area contributed by atoms with E-state index in [9.17, 15) is 9.90 Å². The van der Waals surface area contributed by atoms with Gasteiger partial charge in [0.25, 0.3) is 0 Å². The minimum absolute atomic E-state index is 0.0434. The summed E-state index contributed by atoms with van der Waals surface area (Å²) in [5.41, 5.74) is 1.06. The number of hydrogen-bond donors (Lipinski definition) is 2. The van der Waals surface area contributed by atoms with E-state index < -0.39 is 11.6 Å². The third kappa shape index (κ3) is 1.94. The zero-order valence-electron chi connectivity index (χ0n) is 10.3. The molecule has 0 saturated carbocycles. The lowest BCUT2D eigenvalue weighted by Gasteiger charge is -2.32. The van der Waals surface area contributed by atoms with Crippen molar-refractivity contribution >= 4 is 5.97 Å². The first-order chi connectivity index (χ1) is 9.10. The molecule has 0 radical (unpaired) electrons. The third-order valence-electron chi connectivity index (χ3n) is 3.73. The van der Waals surface area contributed by atoms with Crippen molar-refractivity contribution in [2.24, 2.45) is 0 Å². The van der Waals surface area contributed by atoms with Crippen LogP contribution in [0.1, 0.15) is 33.7 Å². The van der Waals surface area contributed by atoms with Crippen LogP contribution >= 0.6 is 0 Å². The molecule has 1 heterocycles. The lowest BCUT2D eigenvalue weighted by molar-refractivity contribution is -0.000444. The van der Waals surface area contributed by atoms with Gasteiger partial charge in [0.05, 0.1) is 6.26 Å². The number of hydrogen-bond acceptors (Lipinski definition) is 3. The number of aromatic carboxylic acids is 1. The number of aryl methyl sites for hydroxylation is 1. The maximum Gasteiger partial charge on any atom is 0.339 e. The number of fused-ring (bicyclic) bond motifs is 1. The van der Waals surface area contributed by atoms with Crippen molar-refractivity contribution in [1.29, 1.82) is 0 Å². The average molecular weight is 258 g/mol. The standard InChI is InChI=1S/C15H14O4/c16-14(17)12-6-8-19-13(12)15(18)7-5-10-3-1-2-4-11(10)9-15/h1-4,6,8,18H,5,7,9H2,(H,16,17). The molecule has 19 heavy (non-hydrogen) atoms. The quantitative estimate of drug-likeness (QED) is 0.867. The van der Waals surface area contributed by atoms with Crippen molar-refractivity contribution in [3.8, 4) is 0 Å². The van der Waals surface area contributed by atoms with Crippen molar-refractivity contribution in [1.82, 2.24) is 0 Å². The minimum atomic E-state index is -1.23. The summed E-state index contributed by atoms with van der Waals surface area (Å²) in [6, 6.07) is 9.28. The van der Waals surface area contributed by atoms with Crippen LogP contribution in [0.15, 0.2) is 41.0 Å². The molecule has 1 aliphatic rings. The van der Waals surface area contributed by atoms with Gasteiger partial charge >= 0.3 is 5.97 Å². The summed E-state index contributed by atoms with van der Waals surface area (Å²) in [5.74, 6) is -0.912. The SMILES string of the molecule is O=C(O)c1ccoc1C1(O)CCc2ccccc2C1. The van der Waals surface area contributed by atoms with Crippen LogP contribution in [0.5, 0.6) is 0 Å². The first kappa shape index (κ1) is 12.0. The normalized spacial score (nSPS) is 21.9. The summed E-state index contributed by atoms with van der Waals surface area (Å²) in [6.07, 6.45) is 2.89. The molecule has 2 aromatic rings. The Morgan fingerprint density at radius 1 is 1.21 bits per heavy atom. The van der Waals surface area contributed by atoms with Crippen molar-refractivity contribution in [3.63, 3.8) is 0 Å². The van der Waals surface area contributed by atoms with Crippen LogP contribution in [0, 0.1) is 0 Å². The minimum Gasteiger partial charge on any atom is -0.478 e. The maximum absolute atomic E-state index is 11.1. The number of rotatable bonds is 2. The molecule has 1 aliphatic carbocycles. The molecule has 0 spiro atoms. The number of carboxylic acid groups (broad SMARTS) is 1. The fraction of sp³-hybridized carbons (Fsp3) is 0.267. The molecule has 0 aliphatic heterocycles. The van der Waals surface area contributed by atoms with Crippen LogP contribution < -0.4 is 0 Å². The molecule has 0 amide bonds. The number of carboxylic acids is 1. The third-order valence-corrected chi connectivity index (χ3v) is 3.73. The van der Waals surface area contributed by atoms with Gasteiger partial charge < -0.3 is 14.6 Å². The summed E-state index contributed by atoms with van der Waals surface area (Å²) >= 11 is 0. The van der Waals surface area contributed by atoms with Gasteiger partial charge in [0.15, 0.2) is 0 Å². The number of aliphatic hydroxyl groups is 1. The number of benzene rings is 1. The second-order valence-electron chi connectivity index (χ2n) is 4.95. The zero-order chi connectivity index (χ0) is 13.5. The van der Waals surface area contributed by atoms with Crippen LogP contribution in [0.25, 0.3) is 0 Å². The molecule has 4 nitrogen and oxygen atoms in total. The highest BCUT2D eigenvalue weighted by Crippen LogP contribution is 2.38. The Hall–Kier alpha value is -2.07. The largest absolute Gasteiger partial charge is 0.478 e. The van der Waals surface area contributed by atoms with E-state index in [2.05, 4.69) is 0 Å². The first-order valence-electron chi connectivity index (χ1n) is 6.20. The molecule has 2 N–H and O–H groups in total. The lowest BCUT2D eigenvalue weighted by Crippen LogP contribution is -2.34. The molecule has 1 aromatic heterocycles. The van der Waals surface area contributed by atoms with Gasteiger partial charge in [-0.2, -0.15) is 0 Å². The summed E-state index contributed by atoms with van der Waals surface area (Å²) in [4.78, 5) is 11.1. The van der Waals surface area contributed by atoms with E-state index >= 15 is 0 Å². The average Bonchev–Trinajstić information content (AvgIpc) is 2.88. The zero-order valence-corrected chi connectivity index (χ0v) is 10.3. The van der Waals surface area contributed by atoms with Crippen LogP contribution in [0.4, 0.5) is 0 Å². The van der Waals surface area contributed by atoms with Crippen molar-refractivity contribution in [2.75, 3.05) is 0 Å². The monoisotopic (exact) mass is 258 g/mol. The number of carbonyl (C=O) groups is 1. The van der Waals surface area contributed by atoms with Gasteiger partial charge in [-0.05, 0) is 30.0 Å². The Balaban J connectivity index is 2.02. The summed E-state index contributed by atoms with van der Waals surface area (Å²) < 4.78 is 5.25. The summed E-state index contributed by atoms with van der Waals surface area (Å²) in [6.45, 7) is 0.